The number of hydrogen-bond acceptors (Lipinski definition) is 2. The van der Waals surface area contributed by atoms with Crippen molar-refractivity contribution in [1.82, 2.24) is 4.90 Å². The fourth-order valence-corrected chi connectivity index (χ4v) is 3.61. The normalized spacial score (nSPS) is 16.4. The van der Waals surface area contributed by atoms with Gasteiger partial charge in [-0.3, -0.25) is 4.79 Å². The van der Waals surface area contributed by atoms with Crippen molar-refractivity contribution in [3.63, 3.8) is 0 Å². The highest BCUT2D eigenvalue weighted by molar-refractivity contribution is 9.11. The van der Waals surface area contributed by atoms with Crippen LogP contribution in [0.15, 0.2) is 15.2 Å². The lowest BCUT2D eigenvalue weighted by molar-refractivity contribution is -0.131. The molecule has 2 nitrogen and oxygen atoms in total. The Kier molecular flexibility index (Phi) is 4.62. The number of thiophene rings is 1. The van der Waals surface area contributed by atoms with Gasteiger partial charge in [-0.1, -0.05) is 12.8 Å². The zero-order valence-corrected chi connectivity index (χ0v) is 12.5. The molecule has 1 aromatic heterocycles. The van der Waals surface area contributed by atoms with E-state index in [-0.39, 0.29) is 0 Å². The van der Waals surface area contributed by atoms with E-state index >= 15 is 0 Å². The van der Waals surface area contributed by atoms with Gasteiger partial charge in [-0.2, -0.15) is 0 Å². The van der Waals surface area contributed by atoms with Crippen molar-refractivity contribution in [2.45, 2.75) is 38.6 Å². The molecule has 0 radical (unpaired) electrons. The molecule has 0 saturated heterocycles. The molecular formula is C13H18BrNOS. The molecule has 1 saturated carbocycles. The van der Waals surface area contributed by atoms with Gasteiger partial charge in [0.25, 0.3) is 0 Å². The standard InChI is InChI=1S/C13H18BrNOS/c1-15(8-11-6-12(14)17-9-11)13(16)7-10-4-2-3-5-10/h6,9-10H,2-5,7-8H2,1H3. The molecule has 1 aromatic rings. The lowest BCUT2D eigenvalue weighted by atomic mass is 10.0. The molecule has 1 aliphatic rings. The Morgan fingerprint density at radius 3 is 2.82 bits per heavy atom. The highest BCUT2D eigenvalue weighted by Crippen LogP contribution is 2.28. The minimum Gasteiger partial charge on any atom is -0.341 e. The SMILES string of the molecule is CN(Cc1csc(Br)c1)C(=O)CC1CCCC1. The molecule has 1 fully saturated rings. The van der Waals surface area contributed by atoms with Crippen LogP contribution in [-0.2, 0) is 11.3 Å². The first-order valence-corrected chi connectivity index (χ1v) is 7.79. The van der Waals surface area contributed by atoms with E-state index in [2.05, 4.69) is 27.4 Å². The van der Waals surface area contributed by atoms with Crippen LogP contribution >= 0.6 is 27.3 Å². The summed E-state index contributed by atoms with van der Waals surface area (Å²) in [6, 6.07) is 2.09. The van der Waals surface area contributed by atoms with E-state index in [4.69, 9.17) is 0 Å². The number of rotatable bonds is 4. The number of carbonyl (C=O) groups is 1. The maximum absolute atomic E-state index is 12.0. The summed E-state index contributed by atoms with van der Waals surface area (Å²) in [6.07, 6.45) is 5.83. The Bertz CT molecular complexity index is 385. The number of halogens is 1. The summed E-state index contributed by atoms with van der Waals surface area (Å²) < 4.78 is 1.13. The van der Waals surface area contributed by atoms with E-state index in [1.807, 2.05) is 11.9 Å². The van der Waals surface area contributed by atoms with Gasteiger partial charge in [0.15, 0.2) is 0 Å². The average Bonchev–Trinajstić information content (AvgIpc) is 2.90. The summed E-state index contributed by atoms with van der Waals surface area (Å²) in [5.74, 6) is 0.929. The molecule has 0 N–H and O–H groups in total. The molecule has 17 heavy (non-hydrogen) atoms. The van der Waals surface area contributed by atoms with Crippen molar-refractivity contribution in [3.8, 4) is 0 Å². The second kappa shape index (κ2) is 6.01. The Hall–Kier alpha value is -0.350. The summed E-state index contributed by atoms with van der Waals surface area (Å²) >= 11 is 5.11. The van der Waals surface area contributed by atoms with E-state index in [0.29, 0.717) is 11.8 Å². The van der Waals surface area contributed by atoms with Gasteiger partial charge in [0.2, 0.25) is 5.91 Å². The van der Waals surface area contributed by atoms with Crippen molar-refractivity contribution < 1.29 is 4.79 Å². The maximum atomic E-state index is 12.0. The van der Waals surface area contributed by atoms with E-state index in [0.717, 1.165) is 16.8 Å². The van der Waals surface area contributed by atoms with Crippen LogP contribution in [0.25, 0.3) is 0 Å². The van der Waals surface area contributed by atoms with Gasteiger partial charge in [-0.15, -0.1) is 11.3 Å². The number of hydrogen-bond donors (Lipinski definition) is 0. The van der Waals surface area contributed by atoms with Crippen molar-refractivity contribution >= 4 is 33.2 Å². The zero-order valence-electron chi connectivity index (χ0n) is 10.1. The van der Waals surface area contributed by atoms with Crippen LogP contribution in [-0.4, -0.2) is 17.9 Å². The Labute approximate surface area is 115 Å². The highest BCUT2D eigenvalue weighted by Gasteiger charge is 2.20. The van der Waals surface area contributed by atoms with Crippen molar-refractivity contribution in [2.24, 2.45) is 5.92 Å². The van der Waals surface area contributed by atoms with Crippen LogP contribution in [0, 0.1) is 5.92 Å². The molecule has 0 aliphatic heterocycles. The molecule has 1 heterocycles. The quantitative estimate of drug-likeness (QED) is 0.820. The molecule has 4 heteroatoms. The molecule has 0 spiro atoms. The van der Waals surface area contributed by atoms with Crippen LogP contribution in [0.1, 0.15) is 37.7 Å². The van der Waals surface area contributed by atoms with E-state index < -0.39 is 0 Å². The van der Waals surface area contributed by atoms with Crippen LogP contribution in [0.2, 0.25) is 0 Å². The third kappa shape index (κ3) is 3.81. The predicted octanol–water partition coefficient (Wildman–Crippen LogP) is 4.05. The Morgan fingerprint density at radius 2 is 2.24 bits per heavy atom. The second-order valence-corrected chi connectivity index (χ2v) is 7.15. The molecule has 1 aliphatic carbocycles. The third-order valence-corrected chi connectivity index (χ3v) is 4.96. The topological polar surface area (TPSA) is 20.3 Å². The summed E-state index contributed by atoms with van der Waals surface area (Å²) in [5.41, 5.74) is 1.21. The Morgan fingerprint density at radius 1 is 1.53 bits per heavy atom. The van der Waals surface area contributed by atoms with E-state index in [9.17, 15) is 4.79 Å². The zero-order chi connectivity index (χ0) is 12.3. The van der Waals surface area contributed by atoms with Gasteiger partial charge < -0.3 is 4.90 Å². The molecule has 0 aromatic carbocycles. The monoisotopic (exact) mass is 315 g/mol. The van der Waals surface area contributed by atoms with Crippen molar-refractivity contribution in [1.29, 1.82) is 0 Å². The molecule has 0 bridgehead atoms. The number of carbonyl (C=O) groups excluding carboxylic acids is 1. The van der Waals surface area contributed by atoms with Gasteiger partial charge in [-0.05, 0) is 51.7 Å². The maximum Gasteiger partial charge on any atom is 0.222 e. The van der Waals surface area contributed by atoms with Crippen LogP contribution in [0.5, 0.6) is 0 Å². The van der Waals surface area contributed by atoms with Gasteiger partial charge in [0.1, 0.15) is 0 Å². The molecule has 0 atom stereocenters. The first-order valence-electron chi connectivity index (χ1n) is 6.12. The molecule has 2 rings (SSSR count). The Balaban J connectivity index is 1.82. The lowest BCUT2D eigenvalue weighted by Gasteiger charge is -2.18. The fourth-order valence-electron chi connectivity index (χ4n) is 2.41. The van der Waals surface area contributed by atoms with Crippen LogP contribution < -0.4 is 0 Å². The van der Waals surface area contributed by atoms with Gasteiger partial charge >= 0.3 is 0 Å². The highest BCUT2D eigenvalue weighted by atomic mass is 79.9. The summed E-state index contributed by atoms with van der Waals surface area (Å²) in [7, 11) is 1.91. The van der Waals surface area contributed by atoms with Gasteiger partial charge in [-0.25, -0.2) is 0 Å². The molecule has 0 unspecified atom stereocenters. The molecule has 94 valence electrons. The summed E-state index contributed by atoms with van der Waals surface area (Å²) in [5, 5.41) is 2.10. The minimum atomic E-state index is 0.291. The van der Waals surface area contributed by atoms with Gasteiger partial charge in [0.05, 0.1) is 3.79 Å². The largest absolute Gasteiger partial charge is 0.341 e. The van der Waals surface area contributed by atoms with Crippen molar-refractivity contribution in [3.05, 3.63) is 20.8 Å². The fraction of sp³-hybridized carbons (Fsp3) is 0.615. The van der Waals surface area contributed by atoms with Crippen LogP contribution in [0.4, 0.5) is 0 Å². The number of amides is 1. The smallest absolute Gasteiger partial charge is 0.222 e. The average molecular weight is 316 g/mol. The molecule has 1 amide bonds. The predicted molar refractivity (Wildman–Crippen MR) is 75.1 cm³/mol. The summed E-state index contributed by atoms with van der Waals surface area (Å²) in [4.78, 5) is 13.9. The van der Waals surface area contributed by atoms with E-state index in [1.54, 1.807) is 11.3 Å². The first-order chi connectivity index (χ1) is 8.15. The summed E-state index contributed by atoms with van der Waals surface area (Å²) in [6.45, 7) is 0.730. The number of nitrogens with zero attached hydrogens (tertiary/aromatic N) is 1. The minimum absolute atomic E-state index is 0.291. The third-order valence-electron chi connectivity index (χ3n) is 3.41. The second-order valence-electron chi connectivity index (χ2n) is 4.86. The molecular weight excluding hydrogens is 298 g/mol. The van der Waals surface area contributed by atoms with Gasteiger partial charge in [0, 0.05) is 20.0 Å². The first kappa shape index (κ1) is 13.1. The lowest BCUT2D eigenvalue weighted by Crippen LogP contribution is -2.27. The van der Waals surface area contributed by atoms with E-state index in [1.165, 1.54) is 31.2 Å². The van der Waals surface area contributed by atoms with Crippen molar-refractivity contribution in [2.75, 3.05) is 7.05 Å². The van der Waals surface area contributed by atoms with Crippen LogP contribution in [0.3, 0.4) is 0 Å².